The summed E-state index contributed by atoms with van der Waals surface area (Å²) in [5.74, 6) is -1.21. The molecule has 4 aromatic carbocycles. The van der Waals surface area contributed by atoms with Crippen molar-refractivity contribution in [2.24, 2.45) is 5.92 Å². The molecule has 10 nitrogen and oxygen atoms in total. The van der Waals surface area contributed by atoms with Gasteiger partial charge in [-0.2, -0.15) is 0 Å². The summed E-state index contributed by atoms with van der Waals surface area (Å²) in [5.41, 5.74) is 3.09. The Morgan fingerprint density at radius 2 is 1.78 bits per heavy atom. The van der Waals surface area contributed by atoms with Crippen LogP contribution in [0.1, 0.15) is 41.6 Å². The molecule has 3 atom stereocenters. The molecule has 0 bridgehead atoms. The minimum absolute atomic E-state index is 0.0725. The van der Waals surface area contributed by atoms with Crippen molar-refractivity contribution in [1.29, 1.82) is 0 Å². The number of H-pyrrole nitrogens is 1. The van der Waals surface area contributed by atoms with Gasteiger partial charge in [0.2, 0.25) is 0 Å². The second kappa shape index (κ2) is 13.4. The van der Waals surface area contributed by atoms with E-state index in [-0.39, 0.29) is 24.6 Å². The van der Waals surface area contributed by atoms with Crippen LogP contribution in [0.25, 0.3) is 16.6 Å². The van der Waals surface area contributed by atoms with Gasteiger partial charge in [-0.15, -0.1) is 5.10 Å². The number of nitrogens with one attached hydrogen (secondary N) is 1. The van der Waals surface area contributed by atoms with Gasteiger partial charge in [-0.05, 0) is 60.0 Å². The van der Waals surface area contributed by atoms with Crippen molar-refractivity contribution in [2.45, 2.75) is 38.0 Å². The van der Waals surface area contributed by atoms with E-state index in [0.29, 0.717) is 41.0 Å². The fraction of sp³-hybridized carbons (Fsp3) is 0.211. The van der Waals surface area contributed by atoms with Crippen LogP contribution in [-0.4, -0.2) is 47.5 Å². The second-order valence-electron chi connectivity index (χ2n) is 12.3. The molecule has 1 unspecified atom stereocenters. The fourth-order valence-corrected chi connectivity index (χ4v) is 6.94. The van der Waals surface area contributed by atoms with Crippen molar-refractivity contribution in [3.05, 3.63) is 153 Å². The van der Waals surface area contributed by atoms with Crippen molar-refractivity contribution in [2.75, 3.05) is 11.5 Å². The van der Waals surface area contributed by atoms with Gasteiger partial charge in [0.1, 0.15) is 0 Å². The third-order valence-electron chi connectivity index (χ3n) is 9.24. The van der Waals surface area contributed by atoms with Crippen molar-refractivity contribution in [1.82, 2.24) is 24.8 Å². The number of hydrogen-bond donors (Lipinski definition) is 3. The molecule has 0 radical (unpaired) electrons. The molecular formula is C38H35BrN6O4. The molecule has 2 aromatic heterocycles. The zero-order valence-electron chi connectivity index (χ0n) is 26.8. The first-order valence-corrected chi connectivity index (χ1v) is 16.9. The highest BCUT2D eigenvalue weighted by atomic mass is 79.9. The number of nitrogens with zero attached hydrogens (tertiary/aromatic N) is 5. The summed E-state index contributed by atoms with van der Waals surface area (Å²) in [5, 5.41) is 34.4. The molecule has 1 aliphatic rings. The highest BCUT2D eigenvalue weighted by Crippen LogP contribution is 2.46. The molecule has 1 amide bonds. The molecule has 248 valence electrons. The lowest BCUT2D eigenvalue weighted by Crippen LogP contribution is -2.44. The number of aromatic amines is 1. The standard InChI is InChI=1S/C38H35BrN6O4/c1-25(10-7-8-19-43-23-34(40-42-43)31(24-46)27-12-3-2-4-13-27)38(49)32-21-28(39)17-18-35(32)44(37(38)48)22-26-11-9-14-29(20-26)45-36(47)30-15-5-6-16-33(30)41-45/h2-7,9-18,20-21,23,25,31,41,46,49H,8,19,22,24H2,1H3/b10-7+/t25-,31?,38+/m0/s1. The molecule has 3 heterocycles. The average molecular weight is 720 g/mol. The maximum absolute atomic E-state index is 14.2. The average Bonchev–Trinajstić information content (AvgIpc) is 3.78. The van der Waals surface area contributed by atoms with Crippen molar-refractivity contribution >= 4 is 38.4 Å². The number of halogens is 1. The summed E-state index contributed by atoms with van der Waals surface area (Å²) >= 11 is 3.52. The van der Waals surface area contributed by atoms with Gasteiger partial charge in [-0.3, -0.25) is 19.4 Å². The fourth-order valence-electron chi connectivity index (χ4n) is 6.58. The number of aliphatic hydroxyl groups is 2. The van der Waals surface area contributed by atoms with Crippen molar-refractivity contribution < 1.29 is 15.0 Å². The molecule has 0 aliphatic carbocycles. The van der Waals surface area contributed by atoms with Crippen LogP contribution >= 0.6 is 15.9 Å². The number of rotatable bonds is 11. The zero-order chi connectivity index (χ0) is 34.1. The Labute approximate surface area is 291 Å². The van der Waals surface area contributed by atoms with Crippen LogP contribution < -0.4 is 10.5 Å². The van der Waals surface area contributed by atoms with E-state index in [1.54, 1.807) is 21.7 Å². The Morgan fingerprint density at radius 1 is 0.980 bits per heavy atom. The predicted molar refractivity (Wildman–Crippen MR) is 191 cm³/mol. The van der Waals surface area contributed by atoms with Crippen molar-refractivity contribution in [3.63, 3.8) is 0 Å². The number of aromatic nitrogens is 5. The Kier molecular flexibility index (Phi) is 8.89. The maximum atomic E-state index is 14.2. The number of benzene rings is 4. The third-order valence-corrected chi connectivity index (χ3v) is 9.73. The molecule has 49 heavy (non-hydrogen) atoms. The van der Waals surface area contributed by atoms with Crippen LogP contribution in [0.4, 0.5) is 5.69 Å². The Morgan fingerprint density at radius 3 is 2.57 bits per heavy atom. The van der Waals surface area contributed by atoms with E-state index >= 15 is 0 Å². The van der Waals surface area contributed by atoms with Gasteiger partial charge in [-0.25, -0.2) is 4.68 Å². The van der Waals surface area contributed by atoms with Crippen LogP contribution in [0, 0.1) is 5.92 Å². The van der Waals surface area contributed by atoms with E-state index in [9.17, 15) is 19.8 Å². The minimum Gasteiger partial charge on any atom is -0.395 e. The molecule has 0 saturated carbocycles. The van der Waals surface area contributed by atoms with Gasteiger partial charge in [0, 0.05) is 28.7 Å². The highest BCUT2D eigenvalue weighted by molar-refractivity contribution is 9.10. The lowest BCUT2D eigenvalue weighted by molar-refractivity contribution is -0.139. The molecule has 11 heteroatoms. The summed E-state index contributed by atoms with van der Waals surface area (Å²) in [6.45, 7) is 2.52. The van der Waals surface area contributed by atoms with E-state index in [4.69, 9.17) is 0 Å². The topological polar surface area (TPSA) is 129 Å². The van der Waals surface area contributed by atoms with Gasteiger partial charge in [0.15, 0.2) is 5.60 Å². The molecule has 3 N–H and O–H groups in total. The summed E-state index contributed by atoms with van der Waals surface area (Å²) in [6, 6.07) is 30.0. The molecule has 6 aromatic rings. The number of fused-ring (bicyclic) bond motifs is 2. The number of allylic oxidation sites excluding steroid dienone is 1. The first-order chi connectivity index (χ1) is 23.8. The Hall–Kier alpha value is -5.10. The highest BCUT2D eigenvalue weighted by Gasteiger charge is 2.52. The summed E-state index contributed by atoms with van der Waals surface area (Å²) in [4.78, 5) is 28.8. The Balaban J connectivity index is 1.08. The molecule has 0 fully saturated rings. The number of anilines is 1. The minimum atomic E-state index is -1.79. The van der Waals surface area contributed by atoms with E-state index < -0.39 is 17.4 Å². The van der Waals surface area contributed by atoms with Crippen LogP contribution in [0.5, 0.6) is 0 Å². The number of carbonyl (C=O) groups is 1. The zero-order valence-corrected chi connectivity index (χ0v) is 28.4. The third kappa shape index (κ3) is 6.05. The summed E-state index contributed by atoms with van der Waals surface area (Å²) < 4.78 is 3.99. The predicted octanol–water partition coefficient (Wildman–Crippen LogP) is 5.81. The summed E-state index contributed by atoms with van der Waals surface area (Å²) in [6.07, 6.45) is 6.25. The van der Waals surface area contributed by atoms with E-state index in [0.717, 1.165) is 21.1 Å². The first-order valence-electron chi connectivity index (χ1n) is 16.1. The van der Waals surface area contributed by atoms with Crippen LogP contribution in [-0.2, 0) is 23.5 Å². The molecule has 7 rings (SSSR count). The largest absolute Gasteiger partial charge is 0.395 e. The van der Waals surface area contributed by atoms with Crippen LogP contribution in [0.2, 0.25) is 0 Å². The normalized spacial score (nSPS) is 17.2. The van der Waals surface area contributed by atoms with Gasteiger partial charge in [0.05, 0.1) is 47.0 Å². The number of aryl methyl sites for hydroxylation is 1. The SMILES string of the molecule is C[C@@H](/C=C/CCn1cc(C(CO)c2ccccc2)nn1)[C@]1(O)C(=O)N(Cc2cccc(-n3[nH]c4ccccc4c3=O)c2)c2ccc(Br)cc21. The van der Waals surface area contributed by atoms with Gasteiger partial charge < -0.3 is 15.1 Å². The first kappa shape index (κ1) is 32.4. The maximum Gasteiger partial charge on any atom is 0.279 e. The molecule has 1 aliphatic heterocycles. The van der Waals surface area contributed by atoms with E-state index in [2.05, 4.69) is 31.3 Å². The molecule has 0 spiro atoms. The molecular weight excluding hydrogens is 684 g/mol. The van der Waals surface area contributed by atoms with E-state index in [1.807, 2.05) is 110 Å². The monoisotopic (exact) mass is 718 g/mol. The van der Waals surface area contributed by atoms with E-state index in [1.165, 1.54) is 4.68 Å². The van der Waals surface area contributed by atoms with Crippen molar-refractivity contribution in [3.8, 4) is 5.69 Å². The summed E-state index contributed by atoms with van der Waals surface area (Å²) in [7, 11) is 0. The second-order valence-corrected chi connectivity index (χ2v) is 13.3. The Bertz CT molecular complexity index is 2220. The number of aliphatic hydroxyl groups excluding tert-OH is 1. The van der Waals surface area contributed by atoms with Gasteiger partial charge >= 0.3 is 0 Å². The number of carbonyl (C=O) groups excluding carboxylic acids is 1. The van der Waals surface area contributed by atoms with Gasteiger partial charge in [0.25, 0.3) is 11.5 Å². The van der Waals surface area contributed by atoms with Crippen LogP contribution in [0.3, 0.4) is 0 Å². The lowest BCUT2D eigenvalue weighted by atomic mass is 9.83. The number of hydrogen-bond acceptors (Lipinski definition) is 6. The van der Waals surface area contributed by atoms with Crippen LogP contribution in [0.15, 0.2) is 125 Å². The smallest absolute Gasteiger partial charge is 0.279 e. The molecule has 0 saturated heterocycles. The number of para-hydroxylation sites is 1. The van der Waals surface area contributed by atoms with Gasteiger partial charge in [-0.1, -0.05) is 94.8 Å². The quantitative estimate of drug-likeness (QED) is 0.145. The number of amides is 1. The lowest BCUT2D eigenvalue weighted by Gasteiger charge is -2.28.